The Balaban J connectivity index is 1.99. The molecule has 1 aliphatic heterocycles. The van der Waals surface area contributed by atoms with Crippen molar-refractivity contribution in [2.75, 3.05) is 13.7 Å². The monoisotopic (exact) mass is 211 g/mol. The number of methoxy groups -OCH3 is 1. The Morgan fingerprint density at radius 1 is 1.27 bits per heavy atom. The molecule has 2 aliphatic rings. The van der Waals surface area contributed by atoms with Gasteiger partial charge in [0.15, 0.2) is 0 Å². The number of carbonyl (C=O) groups is 1. The van der Waals surface area contributed by atoms with Crippen LogP contribution >= 0.6 is 0 Å². The van der Waals surface area contributed by atoms with Gasteiger partial charge in [0.05, 0.1) is 7.11 Å². The lowest BCUT2D eigenvalue weighted by molar-refractivity contribution is -0.145. The lowest BCUT2D eigenvalue weighted by Crippen LogP contribution is -2.49. The Morgan fingerprint density at radius 2 is 2.00 bits per heavy atom. The number of hydrogen-bond donors (Lipinski definition) is 1. The maximum absolute atomic E-state index is 11.5. The molecule has 3 nitrogen and oxygen atoms in total. The summed E-state index contributed by atoms with van der Waals surface area (Å²) in [6, 6.07) is -0.0538. The van der Waals surface area contributed by atoms with Crippen molar-refractivity contribution in [3.63, 3.8) is 0 Å². The summed E-state index contributed by atoms with van der Waals surface area (Å²) in [5, 5.41) is 3.27. The standard InChI is InChI=1S/C12H21NO2/c1-15-11(14)10-9-12(7-8-13-10)5-3-2-4-6-12/h10,13H,2-9H2,1H3. The van der Waals surface area contributed by atoms with Gasteiger partial charge in [0.1, 0.15) is 6.04 Å². The summed E-state index contributed by atoms with van der Waals surface area (Å²) in [7, 11) is 1.48. The molecule has 2 fully saturated rings. The lowest BCUT2D eigenvalue weighted by Gasteiger charge is -2.43. The summed E-state index contributed by atoms with van der Waals surface area (Å²) in [4.78, 5) is 11.5. The Morgan fingerprint density at radius 3 is 2.67 bits per heavy atom. The second-order valence-electron chi connectivity index (χ2n) is 5.04. The minimum atomic E-state index is -0.0837. The van der Waals surface area contributed by atoms with Gasteiger partial charge in [0.25, 0.3) is 0 Å². The van der Waals surface area contributed by atoms with Crippen LogP contribution in [0.1, 0.15) is 44.9 Å². The summed E-state index contributed by atoms with van der Waals surface area (Å²) in [6.45, 7) is 0.972. The van der Waals surface area contributed by atoms with Gasteiger partial charge in [-0.3, -0.25) is 4.79 Å². The summed E-state index contributed by atoms with van der Waals surface area (Å²) in [6.07, 6.45) is 8.89. The molecule has 0 aromatic carbocycles. The second-order valence-corrected chi connectivity index (χ2v) is 5.04. The molecular formula is C12H21NO2. The first-order valence-electron chi connectivity index (χ1n) is 6.07. The van der Waals surface area contributed by atoms with Crippen LogP contribution in [0.5, 0.6) is 0 Å². The molecule has 0 radical (unpaired) electrons. The first kappa shape index (κ1) is 10.9. The SMILES string of the molecule is COC(=O)C1CC2(CCCCC2)CCN1. The van der Waals surface area contributed by atoms with Crippen molar-refractivity contribution in [3.8, 4) is 0 Å². The summed E-state index contributed by atoms with van der Waals surface area (Å²) >= 11 is 0. The summed E-state index contributed by atoms with van der Waals surface area (Å²) < 4.78 is 4.82. The zero-order valence-corrected chi connectivity index (χ0v) is 9.55. The first-order valence-corrected chi connectivity index (χ1v) is 6.07. The number of nitrogens with one attached hydrogen (secondary N) is 1. The molecule has 0 amide bonds. The van der Waals surface area contributed by atoms with E-state index in [1.807, 2.05) is 0 Å². The van der Waals surface area contributed by atoms with E-state index in [0.29, 0.717) is 5.41 Å². The van der Waals surface area contributed by atoms with Gasteiger partial charge < -0.3 is 10.1 Å². The average Bonchev–Trinajstić information content (AvgIpc) is 2.29. The van der Waals surface area contributed by atoms with Crippen LogP contribution in [0, 0.1) is 5.41 Å². The van der Waals surface area contributed by atoms with Crippen LogP contribution in [0.25, 0.3) is 0 Å². The highest BCUT2D eigenvalue weighted by Gasteiger charge is 2.39. The van der Waals surface area contributed by atoms with E-state index in [-0.39, 0.29) is 12.0 Å². The number of rotatable bonds is 1. The largest absolute Gasteiger partial charge is 0.468 e. The Kier molecular flexibility index (Phi) is 3.29. The second kappa shape index (κ2) is 4.52. The molecule has 2 rings (SSSR count). The fourth-order valence-electron chi connectivity index (χ4n) is 3.18. The maximum Gasteiger partial charge on any atom is 0.322 e. The van der Waals surface area contributed by atoms with Crippen molar-refractivity contribution in [3.05, 3.63) is 0 Å². The van der Waals surface area contributed by atoms with Crippen molar-refractivity contribution in [1.29, 1.82) is 0 Å². The minimum absolute atomic E-state index is 0.0538. The van der Waals surface area contributed by atoms with Gasteiger partial charge in [-0.1, -0.05) is 19.3 Å². The molecule has 1 saturated carbocycles. The third-order valence-corrected chi connectivity index (χ3v) is 4.08. The third kappa shape index (κ3) is 2.33. The van der Waals surface area contributed by atoms with E-state index >= 15 is 0 Å². The predicted molar refractivity (Wildman–Crippen MR) is 58.6 cm³/mol. The molecule has 1 atom stereocenters. The van der Waals surface area contributed by atoms with E-state index in [2.05, 4.69) is 5.32 Å². The molecule has 1 saturated heterocycles. The van der Waals surface area contributed by atoms with Crippen LogP contribution in [0.15, 0.2) is 0 Å². The predicted octanol–water partition coefficient (Wildman–Crippen LogP) is 1.86. The van der Waals surface area contributed by atoms with Crippen molar-refractivity contribution in [1.82, 2.24) is 5.32 Å². The van der Waals surface area contributed by atoms with Crippen molar-refractivity contribution in [2.45, 2.75) is 51.0 Å². The fourth-order valence-corrected chi connectivity index (χ4v) is 3.18. The minimum Gasteiger partial charge on any atom is -0.468 e. The van der Waals surface area contributed by atoms with E-state index < -0.39 is 0 Å². The molecular weight excluding hydrogens is 190 g/mol. The highest BCUT2D eigenvalue weighted by molar-refractivity contribution is 5.75. The van der Waals surface area contributed by atoms with Crippen molar-refractivity contribution >= 4 is 5.97 Å². The normalized spacial score (nSPS) is 30.1. The highest BCUT2D eigenvalue weighted by atomic mass is 16.5. The van der Waals surface area contributed by atoms with Crippen LogP contribution in [-0.4, -0.2) is 25.7 Å². The smallest absolute Gasteiger partial charge is 0.322 e. The zero-order chi connectivity index (χ0) is 10.7. The number of carbonyl (C=O) groups excluding carboxylic acids is 1. The summed E-state index contributed by atoms with van der Waals surface area (Å²) in [5.41, 5.74) is 0.447. The molecule has 1 heterocycles. The van der Waals surface area contributed by atoms with Crippen LogP contribution < -0.4 is 5.32 Å². The number of hydrogen-bond acceptors (Lipinski definition) is 3. The van der Waals surface area contributed by atoms with Gasteiger partial charge in [-0.05, 0) is 37.6 Å². The van der Waals surface area contributed by atoms with Gasteiger partial charge in [0, 0.05) is 0 Å². The lowest BCUT2D eigenvalue weighted by atomic mass is 9.66. The van der Waals surface area contributed by atoms with Crippen LogP contribution in [0.3, 0.4) is 0 Å². The molecule has 0 aromatic heterocycles. The molecule has 15 heavy (non-hydrogen) atoms. The van der Waals surface area contributed by atoms with Crippen LogP contribution in [-0.2, 0) is 9.53 Å². The molecule has 1 unspecified atom stereocenters. The van der Waals surface area contributed by atoms with Gasteiger partial charge >= 0.3 is 5.97 Å². The van der Waals surface area contributed by atoms with Gasteiger partial charge in [0.2, 0.25) is 0 Å². The Hall–Kier alpha value is -0.570. The summed E-state index contributed by atoms with van der Waals surface area (Å²) in [5.74, 6) is -0.0837. The zero-order valence-electron chi connectivity index (χ0n) is 9.55. The Labute approximate surface area is 91.6 Å². The van der Waals surface area contributed by atoms with E-state index in [4.69, 9.17) is 4.74 Å². The average molecular weight is 211 g/mol. The molecule has 1 spiro atoms. The molecule has 86 valence electrons. The highest BCUT2D eigenvalue weighted by Crippen LogP contribution is 2.44. The third-order valence-electron chi connectivity index (χ3n) is 4.08. The van der Waals surface area contributed by atoms with Crippen LogP contribution in [0.4, 0.5) is 0 Å². The number of ether oxygens (including phenoxy) is 1. The molecule has 1 aliphatic carbocycles. The Bertz CT molecular complexity index is 228. The molecule has 0 bridgehead atoms. The van der Waals surface area contributed by atoms with Gasteiger partial charge in [-0.25, -0.2) is 0 Å². The van der Waals surface area contributed by atoms with E-state index in [0.717, 1.165) is 13.0 Å². The molecule has 3 heteroatoms. The van der Waals surface area contributed by atoms with Crippen LogP contribution in [0.2, 0.25) is 0 Å². The van der Waals surface area contributed by atoms with E-state index in [1.54, 1.807) is 0 Å². The van der Waals surface area contributed by atoms with E-state index in [9.17, 15) is 4.79 Å². The first-order chi connectivity index (χ1) is 7.26. The topological polar surface area (TPSA) is 38.3 Å². The fraction of sp³-hybridized carbons (Fsp3) is 0.917. The molecule has 1 N–H and O–H groups in total. The number of piperidine rings is 1. The quantitative estimate of drug-likeness (QED) is 0.673. The van der Waals surface area contributed by atoms with E-state index in [1.165, 1.54) is 45.6 Å². The molecule has 0 aromatic rings. The maximum atomic E-state index is 11.5. The van der Waals surface area contributed by atoms with Crippen molar-refractivity contribution < 1.29 is 9.53 Å². The van der Waals surface area contributed by atoms with Gasteiger partial charge in [-0.2, -0.15) is 0 Å². The van der Waals surface area contributed by atoms with Gasteiger partial charge in [-0.15, -0.1) is 0 Å². The van der Waals surface area contributed by atoms with Crippen molar-refractivity contribution in [2.24, 2.45) is 5.41 Å². The number of esters is 1.